The smallest absolute Gasteiger partial charge is 0.227 e. The van der Waals surface area contributed by atoms with E-state index in [-0.39, 0.29) is 11.7 Å². The largest absolute Gasteiger partial charge is 0.508 e. The molecule has 1 aromatic heterocycles. The van der Waals surface area contributed by atoms with E-state index in [0.717, 1.165) is 27.8 Å². The first-order valence-electron chi connectivity index (χ1n) is 6.75. The van der Waals surface area contributed by atoms with Gasteiger partial charge < -0.3 is 9.52 Å². The molecule has 0 saturated carbocycles. The molecule has 3 rings (SSSR count). The monoisotopic (exact) mass is 267 g/mol. The Morgan fingerprint density at radius 2 is 1.90 bits per heavy atom. The van der Waals surface area contributed by atoms with Crippen molar-refractivity contribution >= 4 is 11.1 Å². The van der Waals surface area contributed by atoms with E-state index in [1.54, 1.807) is 6.07 Å². The van der Waals surface area contributed by atoms with E-state index in [4.69, 9.17) is 4.42 Å². The predicted molar refractivity (Wildman–Crippen MR) is 79.9 cm³/mol. The third-order valence-electron chi connectivity index (χ3n) is 3.44. The fourth-order valence-corrected chi connectivity index (χ4v) is 2.33. The Balaban J connectivity index is 2.08. The van der Waals surface area contributed by atoms with Crippen molar-refractivity contribution in [1.82, 2.24) is 4.98 Å². The highest BCUT2D eigenvalue weighted by molar-refractivity contribution is 5.77. The van der Waals surface area contributed by atoms with Gasteiger partial charge in [-0.1, -0.05) is 26.0 Å². The minimum absolute atomic E-state index is 0.287. The summed E-state index contributed by atoms with van der Waals surface area (Å²) in [5.41, 5.74) is 4.47. The molecule has 3 heteroatoms. The van der Waals surface area contributed by atoms with Crippen molar-refractivity contribution in [2.24, 2.45) is 0 Å². The number of aromatic hydroxyl groups is 1. The maximum absolute atomic E-state index is 10.1. The average molecular weight is 267 g/mol. The number of hydrogen-bond donors (Lipinski definition) is 1. The molecule has 0 aliphatic carbocycles. The van der Waals surface area contributed by atoms with Gasteiger partial charge in [0.05, 0.1) is 0 Å². The lowest BCUT2D eigenvalue weighted by atomic mass is 10.0. The molecule has 0 amide bonds. The summed E-state index contributed by atoms with van der Waals surface area (Å²) in [4.78, 5) is 4.48. The van der Waals surface area contributed by atoms with Gasteiger partial charge in [0.1, 0.15) is 11.3 Å². The van der Waals surface area contributed by atoms with Crippen LogP contribution in [0.15, 0.2) is 40.8 Å². The van der Waals surface area contributed by atoms with E-state index in [2.05, 4.69) is 18.8 Å². The van der Waals surface area contributed by atoms with Crippen molar-refractivity contribution < 1.29 is 9.52 Å². The lowest BCUT2D eigenvalue weighted by Crippen LogP contribution is -1.88. The van der Waals surface area contributed by atoms with E-state index in [1.807, 2.05) is 37.3 Å². The van der Waals surface area contributed by atoms with Crippen LogP contribution in [0, 0.1) is 6.92 Å². The minimum Gasteiger partial charge on any atom is -0.508 e. The zero-order valence-electron chi connectivity index (χ0n) is 11.8. The molecule has 0 fully saturated rings. The molecule has 20 heavy (non-hydrogen) atoms. The first kappa shape index (κ1) is 12.7. The number of phenols is 1. The number of phenolic OH excluding ortho intramolecular Hbond substituents is 1. The number of oxazole rings is 1. The molecule has 0 spiro atoms. The van der Waals surface area contributed by atoms with Gasteiger partial charge in [-0.25, -0.2) is 4.98 Å². The highest BCUT2D eigenvalue weighted by atomic mass is 16.3. The van der Waals surface area contributed by atoms with Crippen LogP contribution in [0.1, 0.15) is 30.9 Å². The topological polar surface area (TPSA) is 46.3 Å². The lowest BCUT2D eigenvalue weighted by Gasteiger charge is -2.08. The number of fused-ring (bicyclic) bond motifs is 1. The summed E-state index contributed by atoms with van der Waals surface area (Å²) in [6.45, 7) is 6.13. The van der Waals surface area contributed by atoms with Gasteiger partial charge >= 0.3 is 0 Å². The predicted octanol–water partition coefficient (Wildman–Crippen LogP) is 4.63. The molecule has 1 heterocycles. The van der Waals surface area contributed by atoms with Gasteiger partial charge in [0, 0.05) is 5.56 Å². The summed E-state index contributed by atoms with van der Waals surface area (Å²) >= 11 is 0. The van der Waals surface area contributed by atoms with Crippen LogP contribution in [0.2, 0.25) is 0 Å². The van der Waals surface area contributed by atoms with Gasteiger partial charge in [-0.3, -0.25) is 0 Å². The third-order valence-corrected chi connectivity index (χ3v) is 3.44. The first-order valence-corrected chi connectivity index (χ1v) is 6.75. The van der Waals surface area contributed by atoms with Crippen LogP contribution in [0.4, 0.5) is 0 Å². The average Bonchev–Trinajstić information content (AvgIpc) is 2.81. The van der Waals surface area contributed by atoms with Crippen molar-refractivity contribution in [3.63, 3.8) is 0 Å². The van der Waals surface area contributed by atoms with E-state index in [1.165, 1.54) is 0 Å². The maximum Gasteiger partial charge on any atom is 0.227 e. The molecule has 0 saturated heterocycles. The highest BCUT2D eigenvalue weighted by Crippen LogP contribution is 2.31. The Bertz CT molecular complexity index is 772. The summed E-state index contributed by atoms with van der Waals surface area (Å²) in [5, 5.41) is 10.1. The fourth-order valence-electron chi connectivity index (χ4n) is 2.33. The van der Waals surface area contributed by atoms with Gasteiger partial charge in [-0.2, -0.15) is 0 Å². The zero-order valence-corrected chi connectivity index (χ0v) is 11.8. The molecule has 2 aromatic carbocycles. The highest BCUT2D eigenvalue weighted by Gasteiger charge is 2.12. The van der Waals surface area contributed by atoms with Crippen molar-refractivity contribution in [1.29, 1.82) is 0 Å². The zero-order chi connectivity index (χ0) is 14.3. The van der Waals surface area contributed by atoms with Crippen LogP contribution in [0.25, 0.3) is 22.6 Å². The van der Waals surface area contributed by atoms with Gasteiger partial charge in [0.25, 0.3) is 0 Å². The van der Waals surface area contributed by atoms with Crippen LogP contribution >= 0.6 is 0 Å². The normalized spacial score (nSPS) is 11.4. The molecule has 0 atom stereocenters. The SMILES string of the molecule is Cc1ccc2oc(-c3ccc(C(C)C)c(O)c3)nc2c1. The Morgan fingerprint density at radius 1 is 1.10 bits per heavy atom. The van der Waals surface area contributed by atoms with Crippen molar-refractivity contribution in [2.75, 3.05) is 0 Å². The van der Waals surface area contributed by atoms with Crippen LogP contribution in [0.3, 0.4) is 0 Å². The van der Waals surface area contributed by atoms with Crippen molar-refractivity contribution in [3.05, 3.63) is 47.5 Å². The molecular weight excluding hydrogens is 250 g/mol. The van der Waals surface area contributed by atoms with Crippen molar-refractivity contribution in [2.45, 2.75) is 26.7 Å². The van der Waals surface area contributed by atoms with Crippen molar-refractivity contribution in [3.8, 4) is 17.2 Å². The molecule has 0 aliphatic heterocycles. The molecule has 0 bridgehead atoms. The van der Waals surface area contributed by atoms with E-state index < -0.39 is 0 Å². The quantitative estimate of drug-likeness (QED) is 0.736. The van der Waals surface area contributed by atoms with E-state index in [0.29, 0.717) is 5.89 Å². The molecule has 3 nitrogen and oxygen atoms in total. The summed E-state index contributed by atoms with van der Waals surface area (Å²) in [5.74, 6) is 1.11. The first-order chi connectivity index (χ1) is 9.54. The van der Waals surface area contributed by atoms with Crippen LogP contribution in [0.5, 0.6) is 5.75 Å². The second kappa shape index (κ2) is 4.67. The van der Waals surface area contributed by atoms with Crippen LogP contribution in [-0.4, -0.2) is 10.1 Å². The fraction of sp³-hybridized carbons (Fsp3) is 0.235. The van der Waals surface area contributed by atoms with Gasteiger partial charge in [-0.05, 0) is 48.2 Å². The summed E-state index contributed by atoms with van der Waals surface area (Å²) < 4.78 is 5.74. The number of hydrogen-bond acceptors (Lipinski definition) is 3. The minimum atomic E-state index is 0.287. The van der Waals surface area contributed by atoms with E-state index >= 15 is 0 Å². The van der Waals surface area contributed by atoms with Gasteiger partial charge in [-0.15, -0.1) is 0 Å². The Morgan fingerprint density at radius 3 is 2.60 bits per heavy atom. The van der Waals surface area contributed by atoms with E-state index in [9.17, 15) is 5.11 Å². The number of aromatic nitrogens is 1. The Kier molecular flexibility index (Phi) is 2.97. The Hall–Kier alpha value is -2.29. The molecule has 0 radical (unpaired) electrons. The molecule has 1 N–H and O–H groups in total. The molecule has 3 aromatic rings. The number of rotatable bonds is 2. The second-order valence-electron chi connectivity index (χ2n) is 5.42. The number of nitrogens with zero attached hydrogens (tertiary/aromatic N) is 1. The summed E-state index contributed by atoms with van der Waals surface area (Å²) in [6, 6.07) is 11.5. The third kappa shape index (κ3) is 2.16. The maximum atomic E-state index is 10.1. The van der Waals surface area contributed by atoms with Gasteiger partial charge in [0.15, 0.2) is 5.58 Å². The standard InChI is InChI=1S/C17H17NO2/c1-10(2)13-6-5-12(9-15(13)19)17-18-14-8-11(3)4-7-16(14)20-17/h4-10,19H,1-3H3. The number of benzene rings is 2. The van der Waals surface area contributed by atoms with Gasteiger partial charge in [0.2, 0.25) is 5.89 Å². The number of aryl methyl sites for hydroxylation is 1. The molecule has 0 unspecified atom stereocenters. The van der Waals surface area contributed by atoms with Crippen LogP contribution < -0.4 is 0 Å². The molecule has 0 aliphatic rings. The molecule has 102 valence electrons. The second-order valence-corrected chi connectivity index (χ2v) is 5.42. The molecular formula is C17H17NO2. The summed E-state index contributed by atoms with van der Waals surface area (Å²) in [7, 11) is 0. The lowest BCUT2D eigenvalue weighted by molar-refractivity contribution is 0.464. The summed E-state index contributed by atoms with van der Waals surface area (Å²) in [6.07, 6.45) is 0. The van der Waals surface area contributed by atoms with Crippen LogP contribution in [-0.2, 0) is 0 Å². The Labute approximate surface area is 117 Å².